The molecular formula is C21H25ClF3N3O3. The van der Waals surface area contributed by atoms with Crippen molar-refractivity contribution in [3.8, 4) is 17.0 Å². The van der Waals surface area contributed by atoms with Gasteiger partial charge in [-0.3, -0.25) is 4.68 Å². The van der Waals surface area contributed by atoms with Crippen LogP contribution in [0.2, 0.25) is 5.02 Å². The summed E-state index contributed by atoms with van der Waals surface area (Å²) < 4.78 is 40.3. The van der Waals surface area contributed by atoms with Gasteiger partial charge in [0.15, 0.2) is 0 Å². The summed E-state index contributed by atoms with van der Waals surface area (Å²) in [7, 11) is 0. The van der Waals surface area contributed by atoms with Crippen LogP contribution in [0, 0.1) is 12.8 Å². The molecule has 1 aromatic carbocycles. The minimum absolute atomic E-state index is 0.268. The molecule has 2 aromatic rings. The molecule has 31 heavy (non-hydrogen) atoms. The van der Waals surface area contributed by atoms with E-state index in [1.165, 1.54) is 12.8 Å². The number of halogens is 4. The van der Waals surface area contributed by atoms with Crippen molar-refractivity contribution in [2.75, 3.05) is 13.1 Å². The first kappa shape index (κ1) is 23.4. The molecule has 0 bridgehead atoms. The number of aromatic nitrogens is 2. The van der Waals surface area contributed by atoms with Crippen molar-refractivity contribution >= 4 is 17.6 Å². The Morgan fingerprint density at radius 2 is 1.94 bits per heavy atom. The molecular weight excluding hydrogens is 435 g/mol. The standard InChI is InChI=1S/C19H24ClN3O.C2HF3O2/c1-13-10-15(20)11-17(19(13)24-16-4-7-21-8-5-16)18-6-9-22-23(18)12-14-2-3-14;3-2(4,5)1(6)7/h6,9-11,14,16,21H,2-5,7-8,12H2,1H3;(H,6,7). The van der Waals surface area contributed by atoms with E-state index in [2.05, 4.69) is 28.1 Å². The van der Waals surface area contributed by atoms with Gasteiger partial charge in [0.25, 0.3) is 0 Å². The SMILES string of the molecule is Cc1cc(Cl)cc(-c2ccnn2CC2CC2)c1OC1CCNCC1.O=C(O)C(F)(F)F. The van der Waals surface area contributed by atoms with Gasteiger partial charge in [-0.15, -0.1) is 0 Å². The molecule has 4 rings (SSSR count). The predicted molar refractivity (Wildman–Crippen MR) is 110 cm³/mol. The molecule has 1 aliphatic carbocycles. The predicted octanol–water partition coefficient (Wildman–Crippen LogP) is 4.69. The van der Waals surface area contributed by atoms with Crippen LogP contribution in [0.1, 0.15) is 31.2 Å². The number of carbonyl (C=O) groups is 1. The largest absolute Gasteiger partial charge is 0.490 e. The first-order valence-electron chi connectivity index (χ1n) is 10.1. The summed E-state index contributed by atoms with van der Waals surface area (Å²) in [6, 6.07) is 6.08. The fourth-order valence-corrected chi connectivity index (χ4v) is 3.68. The number of nitrogens with one attached hydrogen (secondary N) is 1. The number of rotatable bonds is 5. The number of piperidine rings is 1. The van der Waals surface area contributed by atoms with Crippen LogP contribution in [0.3, 0.4) is 0 Å². The Labute approximate surface area is 183 Å². The second kappa shape index (κ2) is 9.91. The van der Waals surface area contributed by atoms with Crippen LogP contribution in [-0.4, -0.2) is 46.2 Å². The molecule has 2 aliphatic rings. The van der Waals surface area contributed by atoms with Crippen molar-refractivity contribution in [3.05, 3.63) is 35.0 Å². The first-order valence-corrected chi connectivity index (χ1v) is 10.5. The third-order valence-electron chi connectivity index (χ3n) is 5.17. The van der Waals surface area contributed by atoms with Gasteiger partial charge in [0.05, 0.1) is 5.69 Å². The number of aliphatic carboxylic acids is 1. The summed E-state index contributed by atoms with van der Waals surface area (Å²) >= 11 is 6.36. The summed E-state index contributed by atoms with van der Waals surface area (Å²) in [5.41, 5.74) is 3.27. The fraction of sp³-hybridized carbons (Fsp3) is 0.524. The lowest BCUT2D eigenvalue weighted by Gasteiger charge is -2.26. The Bertz CT molecular complexity index is 907. The number of hydrogen-bond donors (Lipinski definition) is 2. The lowest BCUT2D eigenvalue weighted by molar-refractivity contribution is -0.192. The number of ether oxygens (including phenoxy) is 1. The molecule has 2 fully saturated rings. The van der Waals surface area contributed by atoms with E-state index in [1.807, 2.05) is 18.3 Å². The highest BCUT2D eigenvalue weighted by Crippen LogP contribution is 2.38. The van der Waals surface area contributed by atoms with Gasteiger partial charge >= 0.3 is 12.1 Å². The highest BCUT2D eigenvalue weighted by Gasteiger charge is 2.38. The zero-order chi connectivity index (χ0) is 22.6. The molecule has 0 radical (unpaired) electrons. The van der Waals surface area contributed by atoms with Crippen LogP contribution >= 0.6 is 11.6 Å². The van der Waals surface area contributed by atoms with Crippen molar-refractivity contribution in [2.24, 2.45) is 5.92 Å². The van der Waals surface area contributed by atoms with Crippen LogP contribution in [0.4, 0.5) is 13.2 Å². The van der Waals surface area contributed by atoms with E-state index in [0.717, 1.165) is 66.0 Å². The van der Waals surface area contributed by atoms with E-state index in [0.29, 0.717) is 0 Å². The van der Waals surface area contributed by atoms with E-state index in [4.69, 9.17) is 26.2 Å². The Balaban J connectivity index is 0.000000339. The Hall–Kier alpha value is -2.26. The minimum Gasteiger partial charge on any atom is -0.489 e. The van der Waals surface area contributed by atoms with E-state index < -0.39 is 12.1 Å². The van der Waals surface area contributed by atoms with Crippen LogP contribution in [0.25, 0.3) is 11.3 Å². The third-order valence-corrected chi connectivity index (χ3v) is 5.39. The number of carboxylic acid groups (broad SMARTS) is 1. The molecule has 10 heteroatoms. The molecule has 1 saturated carbocycles. The smallest absolute Gasteiger partial charge is 0.489 e. The van der Waals surface area contributed by atoms with Crippen molar-refractivity contribution in [3.63, 3.8) is 0 Å². The molecule has 6 nitrogen and oxygen atoms in total. The first-order chi connectivity index (χ1) is 14.6. The summed E-state index contributed by atoms with van der Waals surface area (Å²) in [5, 5.41) is 15.8. The topological polar surface area (TPSA) is 76.4 Å². The second-order valence-electron chi connectivity index (χ2n) is 7.81. The van der Waals surface area contributed by atoms with Crippen molar-refractivity contribution < 1.29 is 27.8 Å². The lowest BCUT2D eigenvalue weighted by Crippen LogP contribution is -2.34. The minimum atomic E-state index is -5.08. The number of benzene rings is 1. The zero-order valence-corrected chi connectivity index (χ0v) is 17.8. The van der Waals surface area contributed by atoms with Gasteiger partial charge in [-0.2, -0.15) is 18.3 Å². The van der Waals surface area contributed by atoms with Crippen LogP contribution < -0.4 is 10.1 Å². The number of aryl methyl sites for hydroxylation is 1. The van der Waals surface area contributed by atoms with Gasteiger partial charge in [-0.1, -0.05) is 11.6 Å². The molecule has 0 unspecified atom stereocenters. The van der Waals surface area contributed by atoms with Crippen LogP contribution in [0.5, 0.6) is 5.75 Å². The van der Waals surface area contributed by atoms with E-state index >= 15 is 0 Å². The average molecular weight is 460 g/mol. The maximum atomic E-state index is 10.6. The van der Waals surface area contributed by atoms with E-state index in [9.17, 15) is 13.2 Å². The van der Waals surface area contributed by atoms with Gasteiger partial charge in [-0.05, 0) is 75.4 Å². The normalized spacial score (nSPS) is 17.1. The molecule has 1 saturated heterocycles. The van der Waals surface area contributed by atoms with E-state index in [-0.39, 0.29) is 6.10 Å². The third kappa shape index (κ3) is 6.61. The quantitative estimate of drug-likeness (QED) is 0.678. The fourth-order valence-electron chi connectivity index (χ4n) is 3.41. The van der Waals surface area contributed by atoms with Crippen LogP contribution in [-0.2, 0) is 11.3 Å². The molecule has 1 aromatic heterocycles. The van der Waals surface area contributed by atoms with E-state index in [1.54, 1.807) is 0 Å². The van der Waals surface area contributed by atoms with Gasteiger partial charge < -0.3 is 15.2 Å². The van der Waals surface area contributed by atoms with Gasteiger partial charge in [-0.25, -0.2) is 4.79 Å². The van der Waals surface area contributed by atoms with Crippen molar-refractivity contribution in [1.82, 2.24) is 15.1 Å². The molecule has 0 amide bonds. The second-order valence-corrected chi connectivity index (χ2v) is 8.25. The van der Waals surface area contributed by atoms with Gasteiger partial charge in [0.1, 0.15) is 11.9 Å². The Kier molecular flexibility index (Phi) is 7.48. The summed E-state index contributed by atoms with van der Waals surface area (Å²) in [4.78, 5) is 8.90. The number of alkyl halides is 3. The number of hydrogen-bond acceptors (Lipinski definition) is 4. The highest BCUT2D eigenvalue weighted by atomic mass is 35.5. The monoisotopic (exact) mass is 459 g/mol. The molecule has 2 N–H and O–H groups in total. The molecule has 1 aliphatic heterocycles. The molecule has 0 spiro atoms. The Morgan fingerprint density at radius 1 is 1.29 bits per heavy atom. The highest BCUT2D eigenvalue weighted by molar-refractivity contribution is 6.31. The van der Waals surface area contributed by atoms with Gasteiger partial charge in [0, 0.05) is 23.3 Å². The number of carboxylic acids is 1. The van der Waals surface area contributed by atoms with Crippen LogP contribution in [0.15, 0.2) is 24.4 Å². The van der Waals surface area contributed by atoms with Gasteiger partial charge in [0.2, 0.25) is 0 Å². The summed E-state index contributed by atoms with van der Waals surface area (Å²) in [5.74, 6) is -1.02. The summed E-state index contributed by atoms with van der Waals surface area (Å²) in [6.45, 7) is 5.10. The Morgan fingerprint density at radius 3 is 2.52 bits per heavy atom. The maximum Gasteiger partial charge on any atom is 0.490 e. The lowest BCUT2D eigenvalue weighted by atomic mass is 10.0. The average Bonchev–Trinajstić information content (AvgIpc) is 3.39. The molecule has 170 valence electrons. The van der Waals surface area contributed by atoms with Crippen molar-refractivity contribution in [1.29, 1.82) is 0 Å². The maximum absolute atomic E-state index is 10.6. The zero-order valence-electron chi connectivity index (χ0n) is 17.1. The summed E-state index contributed by atoms with van der Waals surface area (Å²) in [6.07, 6.45) is 1.77. The number of nitrogens with zero attached hydrogens (tertiary/aromatic N) is 2. The van der Waals surface area contributed by atoms with Crippen molar-refractivity contribution in [2.45, 2.75) is 51.4 Å². The molecule has 0 atom stereocenters. The molecule has 2 heterocycles.